The number of hydrogen-bond acceptors (Lipinski definition) is 4. The Labute approximate surface area is 99.4 Å². The molecule has 1 aromatic heterocycles. The van der Waals surface area contributed by atoms with Crippen LogP contribution in [0.3, 0.4) is 0 Å². The second-order valence-corrected chi connectivity index (χ2v) is 5.55. The van der Waals surface area contributed by atoms with Crippen LogP contribution in [-0.4, -0.2) is 35.0 Å². The molecule has 0 aliphatic carbocycles. The van der Waals surface area contributed by atoms with Gasteiger partial charge in [-0.2, -0.15) is 9.40 Å². The van der Waals surface area contributed by atoms with Gasteiger partial charge in [-0.1, -0.05) is 18.2 Å². The topological polar surface area (TPSA) is 79.0 Å². The molecular formula is C10H12N4O2S. The monoisotopic (exact) mass is 252 g/mol. The van der Waals surface area contributed by atoms with E-state index in [0.717, 1.165) is 0 Å². The lowest BCUT2D eigenvalue weighted by molar-refractivity contribution is 0.457. The molecular weight excluding hydrogens is 240 g/mol. The Balaban J connectivity index is 2.22. The summed E-state index contributed by atoms with van der Waals surface area (Å²) in [5.41, 5.74) is 0. The molecule has 0 aliphatic rings. The van der Waals surface area contributed by atoms with E-state index in [1.165, 1.54) is 17.7 Å². The minimum absolute atomic E-state index is 0.164. The first kappa shape index (κ1) is 11.7. The summed E-state index contributed by atoms with van der Waals surface area (Å²) in [5.74, 6) is 0.506. The predicted octanol–water partition coefficient (Wildman–Crippen LogP) is 0.625. The quantitative estimate of drug-likeness (QED) is 0.865. The molecule has 2 rings (SSSR count). The van der Waals surface area contributed by atoms with Gasteiger partial charge in [0.25, 0.3) is 0 Å². The highest BCUT2D eigenvalue weighted by Gasteiger charge is 2.21. The summed E-state index contributed by atoms with van der Waals surface area (Å²) in [6.45, 7) is 0.164. The maximum Gasteiger partial charge on any atom is 0.243 e. The summed E-state index contributed by atoms with van der Waals surface area (Å²) in [7, 11) is -1.96. The van der Waals surface area contributed by atoms with Crippen molar-refractivity contribution in [1.82, 2.24) is 19.5 Å². The number of aromatic nitrogens is 3. The van der Waals surface area contributed by atoms with Crippen molar-refractivity contribution in [3.8, 4) is 0 Å². The minimum Gasteiger partial charge on any atom is -0.262 e. The Bertz CT molecular complexity index is 566. The number of benzene rings is 1. The smallest absolute Gasteiger partial charge is 0.243 e. The van der Waals surface area contributed by atoms with Crippen LogP contribution in [0.2, 0.25) is 0 Å². The molecule has 0 radical (unpaired) electrons. The molecule has 0 saturated carbocycles. The zero-order chi connectivity index (χ0) is 12.3. The van der Waals surface area contributed by atoms with Crippen molar-refractivity contribution in [3.63, 3.8) is 0 Å². The van der Waals surface area contributed by atoms with Crippen molar-refractivity contribution >= 4 is 10.0 Å². The molecule has 7 heteroatoms. The summed E-state index contributed by atoms with van der Waals surface area (Å²) in [4.78, 5) is 4.16. The molecule has 17 heavy (non-hydrogen) atoms. The van der Waals surface area contributed by atoms with Crippen molar-refractivity contribution in [2.45, 2.75) is 11.4 Å². The van der Waals surface area contributed by atoms with Crippen LogP contribution in [0.5, 0.6) is 0 Å². The van der Waals surface area contributed by atoms with Crippen LogP contribution in [0.15, 0.2) is 41.6 Å². The highest BCUT2D eigenvalue weighted by atomic mass is 32.2. The normalized spacial score (nSPS) is 11.9. The fraction of sp³-hybridized carbons (Fsp3) is 0.200. The maximum absolute atomic E-state index is 12.1. The molecule has 0 saturated heterocycles. The Morgan fingerprint density at radius 3 is 2.59 bits per heavy atom. The van der Waals surface area contributed by atoms with Crippen LogP contribution in [0.1, 0.15) is 5.82 Å². The zero-order valence-corrected chi connectivity index (χ0v) is 10.1. The largest absolute Gasteiger partial charge is 0.262 e. The van der Waals surface area contributed by atoms with Gasteiger partial charge < -0.3 is 0 Å². The molecule has 0 spiro atoms. The molecule has 1 heterocycles. The van der Waals surface area contributed by atoms with E-state index < -0.39 is 10.0 Å². The van der Waals surface area contributed by atoms with Crippen molar-refractivity contribution in [3.05, 3.63) is 42.5 Å². The average molecular weight is 252 g/mol. The van der Waals surface area contributed by atoms with Crippen molar-refractivity contribution in [2.75, 3.05) is 7.05 Å². The van der Waals surface area contributed by atoms with E-state index >= 15 is 0 Å². The summed E-state index contributed by atoms with van der Waals surface area (Å²) in [6.07, 6.45) is 1.35. The first-order chi connectivity index (χ1) is 8.10. The number of H-pyrrole nitrogens is 1. The van der Waals surface area contributed by atoms with Gasteiger partial charge in [-0.25, -0.2) is 13.4 Å². The number of hydrogen-bond donors (Lipinski definition) is 1. The van der Waals surface area contributed by atoms with Gasteiger partial charge in [0.15, 0.2) is 0 Å². The lowest BCUT2D eigenvalue weighted by Crippen LogP contribution is -2.26. The van der Waals surface area contributed by atoms with Crippen LogP contribution < -0.4 is 0 Å². The molecule has 2 aromatic rings. The van der Waals surface area contributed by atoms with Crippen LogP contribution in [-0.2, 0) is 16.6 Å². The highest BCUT2D eigenvalue weighted by molar-refractivity contribution is 7.89. The van der Waals surface area contributed by atoms with Gasteiger partial charge in [-0.05, 0) is 12.1 Å². The van der Waals surface area contributed by atoms with Crippen molar-refractivity contribution < 1.29 is 8.42 Å². The van der Waals surface area contributed by atoms with Crippen LogP contribution >= 0.6 is 0 Å². The number of aromatic amines is 1. The third kappa shape index (κ3) is 2.51. The van der Waals surface area contributed by atoms with Crippen LogP contribution in [0.4, 0.5) is 0 Å². The third-order valence-corrected chi connectivity index (χ3v) is 4.11. The summed E-state index contributed by atoms with van der Waals surface area (Å²) in [5, 5.41) is 6.30. The molecule has 90 valence electrons. The van der Waals surface area contributed by atoms with Gasteiger partial charge in [-0.15, -0.1) is 0 Å². The molecule has 0 aliphatic heterocycles. The lowest BCUT2D eigenvalue weighted by Gasteiger charge is -2.15. The summed E-state index contributed by atoms with van der Waals surface area (Å²) >= 11 is 0. The predicted molar refractivity (Wildman–Crippen MR) is 61.5 cm³/mol. The molecule has 1 N–H and O–H groups in total. The van der Waals surface area contributed by atoms with E-state index in [0.29, 0.717) is 5.82 Å². The van der Waals surface area contributed by atoms with E-state index in [1.54, 1.807) is 30.3 Å². The second-order valence-electron chi connectivity index (χ2n) is 3.51. The molecule has 1 aromatic carbocycles. The molecule has 0 fully saturated rings. The number of rotatable bonds is 4. The number of nitrogens with one attached hydrogen (secondary N) is 1. The van der Waals surface area contributed by atoms with Gasteiger partial charge >= 0.3 is 0 Å². The van der Waals surface area contributed by atoms with E-state index in [1.807, 2.05) is 0 Å². The standard InChI is InChI=1S/C10H12N4O2S/c1-14(7-10-11-8-12-13-10)17(15,16)9-5-3-2-4-6-9/h2-6,8H,7H2,1H3,(H,11,12,13). The Morgan fingerprint density at radius 1 is 1.29 bits per heavy atom. The Kier molecular flexibility index (Phi) is 3.21. The minimum atomic E-state index is -3.47. The fourth-order valence-electron chi connectivity index (χ4n) is 1.38. The van der Waals surface area contributed by atoms with E-state index in [2.05, 4.69) is 15.2 Å². The molecule has 6 nitrogen and oxygen atoms in total. The first-order valence-electron chi connectivity index (χ1n) is 4.96. The molecule has 0 bridgehead atoms. The Morgan fingerprint density at radius 2 is 2.00 bits per heavy atom. The number of nitrogens with zero attached hydrogens (tertiary/aromatic N) is 3. The van der Waals surface area contributed by atoms with Crippen molar-refractivity contribution in [2.24, 2.45) is 0 Å². The lowest BCUT2D eigenvalue weighted by atomic mass is 10.4. The van der Waals surface area contributed by atoms with Gasteiger partial charge in [0.05, 0.1) is 11.4 Å². The van der Waals surface area contributed by atoms with E-state index in [4.69, 9.17) is 0 Å². The first-order valence-corrected chi connectivity index (χ1v) is 6.40. The molecule has 0 atom stereocenters. The molecule has 0 unspecified atom stereocenters. The maximum atomic E-state index is 12.1. The highest BCUT2D eigenvalue weighted by Crippen LogP contribution is 2.14. The zero-order valence-electron chi connectivity index (χ0n) is 9.24. The second kappa shape index (κ2) is 4.64. The van der Waals surface area contributed by atoms with E-state index in [9.17, 15) is 8.42 Å². The summed E-state index contributed by atoms with van der Waals surface area (Å²) in [6, 6.07) is 8.28. The van der Waals surface area contributed by atoms with Crippen LogP contribution in [0, 0.1) is 0 Å². The number of sulfonamides is 1. The van der Waals surface area contributed by atoms with Gasteiger partial charge in [-0.3, -0.25) is 5.10 Å². The van der Waals surface area contributed by atoms with Crippen LogP contribution in [0.25, 0.3) is 0 Å². The van der Waals surface area contributed by atoms with Crippen molar-refractivity contribution in [1.29, 1.82) is 0 Å². The third-order valence-electron chi connectivity index (χ3n) is 2.29. The van der Waals surface area contributed by atoms with Gasteiger partial charge in [0.2, 0.25) is 10.0 Å². The Hall–Kier alpha value is -1.73. The molecule has 0 amide bonds. The van der Waals surface area contributed by atoms with Gasteiger partial charge in [0.1, 0.15) is 12.2 Å². The summed E-state index contributed by atoms with van der Waals surface area (Å²) < 4.78 is 25.5. The van der Waals surface area contributed by atoms with E-state index in [-0.39, 0.29) is 11.4 Å². The van der Waals surface area contributed by atoms with Gasteiger partial charge in [0, 0.05) is 7.05 Å². The SMILES string of the molecule is CN(Cc1ncn[nH]1)S(=O)(=O)c1ccccc1. The average Bonchev–Trinajstić information content (AvgIpc) is 2.83. The fourth-order valence-corrected chi connectivity index (χ4v) is 2.53.